The molecule has 25 heavy (non-hydrogen) atoms. The molecule has 0 atom stereocenters. The van der Waals surface area contributed by atoms with Crippen LogP contribution < -0.4 is 9.47 Å². The Morgan fingerprint density at radius 2 is 1.52 bits per heavy atom. The number of benzene rings is 2. The molecule has 0 fully saturated rings. The molecule has 0 aliphatic carbocycles. The molecule has 132 valence electrons. The lowest BCUT2D eigenvalue weighted by Crippen LogP contribution is -2.17. The number of ether oxygens (including phenoxy) is 2. The molecule has 0 saturated heterocycles. The van der Waals surface area contributed by atoms with Gasteiger partial charge in [-0.1, -0.05) is 32.0 Å². The van der Waals surface area contributed by atoms with Crippen LogP contribution in [0.5, 0.6) is 11.5 Å². The lowest BCUT2D eigenvalue weighted by atomic mass is 10.1. The van der Waals surface area contributed by atoms with Gasteiger partial charge in [0.1, 0.15) is 11.5 Å². The lowest BCUT2D eigenvalue weighted by molar-refractivity contribution is -0.138. The number of carbonyl (C=O) groups excluding carboxylic acids is 2. The van der Waals surface area contributed by atoms with Crippen LogP contribution in [-0.2, 0) is 11.0 Å². The molecule has 2 rings (SSSR count). The van der Waals surface area contributed by atoms with Crippen LogP contribution in [0.1, 0.15) is 29.8 Å². The maximum absolute atomic E-state index is 13.0. The zero-order valence-electron chi connectivity index (χ0n) is 13.5. The van der Waals surface area contributed by atoms with E-state index in [0.29, 0.717) is 0 Å². The van der Waals surface area contributed by atoms with Gasteiger partial charge in [0, 0.05) is 6.07 Å². The summed E-state index contributed by atoms with van der Waals surface area (Å²) < 4.78 is 49.0. The zero-order chi connectivity index (χ0) is 18.6. The van der Waals surface area contributed by atoms with Gasteiger partial charge in [-0.15, -0.1) is 0 Å². The molecule has 0 saturated carbocycles. The van der Waals surface area contributed by atoms with E-state index in [9.17, 15) is 22.8 Å². The van der Waals surface area contributed by atoms with Crippen molar-refractivity contribution in [2.45, 2.75) is 20.0 Å². The monoisotopic (exact) mass is 352 g/mol. The second-order valence-corrected chi connectivity index (χ2v) is 5.48. The summed E-state index contributed by atoms with van der Waals surface area (Å²) in [5.41, 5.74) is -1.68. The highest BCUT2D eigenvalue weighted by atomic mass is 19.4. The van der Waals surface area contributed by atoms with Gasteiger partial charge in [0.05, 0.1) is 17.0 Å². The van der Waals surface area contributed by atoms with Crippen LogP contribution in [0.3, 0.4) is 0 Å². The Morgan fingerprint density at radius 3 is 2.12 bits per heavy atom. The minimum atomic E-state index is -4.68. The van der Waals surface area contributed by atoms with Gasteiger partial charge in [-0.05, 0) is 24.3 Å². The first kappa shape index (κ1) is 18.5. The highest BCUT2D eigenvalue weighted by Crippen LogP contribution is 2.32. The van der Waals surface area contributed by atoms with Gasteiger partial charge >= 0.3 is 18.1 Å². The number of alkyl halides is 3. The maximum Gasteiger partial charge on any atom is 0.417 e. The molecule has 2 aromatic carbocycles. The van der Waals surface area contributed by atoms with Crippen LogP contribution in [0.15, 0.2) is 48.5 Å². The number of halogens is 3. The number of rotatable bonds is 4. The van der Waals surface area contributed by atoms with Crippen molar-refractivity contribution in [2.75, 3.05) is 0 Å². The molecule has 0 spiro atoms. The van der Waals surface area contributed by atoms with Gasteiger partial charge in [-0.25, -0.2) is 4.79 Å². The standard InChI is InChI=1S/C18H15F3O4/c1-11(2)16(22)24-12-6-5-7-13(10-12)25-17(23)14-8-3-4-9-15(14)18(19,20)21/h3-11H,1-2H3. The first-order valence-corrected chi connectivity index (χ1v) is 7.38. The number of carbonyl (C=O) groups is 2. The van der Waals surface area contributed by atoms with E-state index < -0.39 is 29.2 Å². The van der Waals surface area contributed by atoms with Gasteiger partial charge in [0.15, 0.2) is 0 Å². The summed E-state index contributed by atoms with van der Waals surface area (Å²) >= 11 is 0. The summed E-state index contributed by atoms with van der Waals surface area (Å²) in [4.78, 5) is 23.7. The van der Waals surface area contributed by atoms with Crippen molar-refractivity contribution in [2.24, 2.45) is 5.92 Å². The number of hydrogen-bond acceptors (Lipinski definition) is 4. The molecule has 0 amide bonds. The van der Waals surface area contributed by atoms with E-state index in [1.807, 2.05) is 0 Å². The van der Waals surface area contributed by atoms with E-state index in [1.54, 1.807) is 13.8 Å². The molecular weight excluding hydrogens is 337 g/mol. The van der Waals surface area contributed by atoms with Crippen LogP contribution in [0, 0.1) is 5.92 Å². The molecule has 0 N–H and O–H groups in total. The minimum absolute atomic E-state index is 0.0315. The van der Waals surface area contributed by atoms with Crippen LogP contribution in [0.2, 0.25) is 0 Å². The third kappa shape index (κ3) is 4.82. The third-order valence-electron chi connectivity index (χ3n) is 3.16. The van der Waals surface area contributed by atoms with Crippen molar-refractivity contribution >= 4 is 11.9 Å². The summed E-state index contributed by atoms with van der Waals surface area (Å²) in [7, 11) is 0. The fraction of sp³-hybridized carbons (Fsp3) is 0.222. The van der Waals surface area contributed by atoms with E-state index >= 15 is 0 Å². The largest absolute Gasteiger partial charge is 0.426 e. The Bertz CT molecular complexity index is 782. The highest BCUT2D eigenvalue weighted by Gasteiger charge is 2.35. The lowest BCUT2D eigenvalue weighted by Gasteiger charge is -2.12. The third-order valence-corrected chi connectivity index (χ3v) is 3.16. The van der Waals surface area contributed by atoms with Gasteiger partial charge in [0.2, 0.25) is 0 Å². The predicted molar refractivity (Wildman–Crippen MR) is 83.3 cm³/mol. The van der Waals surface area contributed by atoms with E-state index in [0.717, 1.165) is 12.1 Å². The Labute approximate surface area is 142 Å². The molecule has 0 aliphatic heterocycles. The topological polar surface area (TPSA) is 52.6 Å². The van der Waals surface area contributed by atoms with Gasteiger partial charge in [-0.3, -0.25) is 4.79 Å². The van der Waals surface area contributed by atoms with Crippen molar-refractivity contribution in [1.29, 1.82) is 0 Å². The van der Waals surface area contributed by atoms with Crippen molar-refractivity contribution in [3.05, 3.63) is 59.7 Å². The maximum atomic E-state index is 13.0. The Morgan fingerprint density at radius 1 is 0.920 bits per heavy atom. The van der Waals surface area contributed by atoms with Gasteiger partial charge in [0.25, 0.3) is 0 Å². The summed E-state index contributed by atoms with van der Waals surface area (Å²) in [5, 5.41) is 0. The van der Waals surface area contributed by atoms with E-state index in [-0.39, 0.29) is 17.4 Å². The average Bonchev–Trinajstić information content (AvgIpc) is 2.54. The molecule has 2 aromatic rings. The second-order valence-electron chi connectivity index (χ2n) is 5.48. The van der Waals surface area contributed by atoms with Crippen molar-refractivity contribution in [1.82, 2.24) is 0 Å². The number of hydrogen-bond donors (Lipinski definition) is 0. The van der Waals surface area contributed by atoms with Crippen molar-refractivity contribution < 1.29 is 32.2 Å². The van der Waals surface area contributed by atoms with Crippen LogP contribution in [0.25, 0.3) is 0 Å². The van der Waals surface area contributed by atoms with E-state index in [2.05, 4.69) is 0 Å². The zero-order valence-corrected chi connectivity index (χ0v) is 13.5. The molecule has 7 heteroatoms. The smallest absolute Gasteiger partial charge is 0.417 e. The molecule has 0 unspecified atom stereocenters. The molecular formula is C18H15F3O4. The second kappa shape index (κ2) is 7.38. The van der Waals surface area contributed by atoms with E-state index in [4.69, 9.17) is 9.47 Å². The summed E-state index contributed by atoms with van der Waals surface area (Å²) in [6.45, 7) is 3.31. The molecule has 0 radical (unpaired) electrons. The van der Waals surface area contributed by atoms with Crippen LogP contribution in [0.4, 0.5) is 13.2 Å². The Balaban J connectivity index is 2.21. The van der Waals surface area contributed by atoms with Crippen LogP contribution >= 0.6 is 0 Å². The first-order chi connectivity index (χ1) is 11.7. The Kier molecular flexibility index (Phi) is 5.46. The normalized spacial score (nSPS) is 11.3. The Hall–Kier alpha value is -2.83. The molecule has 0 aliphatic rings. The van der Waals surface area contributed by atoms with E-state index in [1.165, 1.54) is 36.4 Å². The predicted octanol–water partition coefficient (Wildman–Crippen LogP) is 4.49. The molecule has 0 aromatic heterocycles. The average molecular weight is 352 g/mol. The minimum Gasteiger partial charge on any atom is -0.426 e. The molecule has 0 heterocycles. The first-order valence-electron chi connectivity index (χ1n) is 7.38. The SMILES string of the molecule is CC(C)C(=O)Oc1cccc(OC(=O)c2ccccc2C(F)(F)F)c1. The fourth-order valence-corrected chi connectivity index (χ4v) is 1.91. The summed E-state index contributed by atoms with van der Waals surface area (Å²) in [6, 6.07) is 9.90. The van der Waals surface area contributed by atoms with Gasteiger partial charge in [-0.2, -0.15) is 13.2 Å². The van der Waals surface area contributed by atoms with Crippen molar-refractivity contribution in [3.63, 3.8) is 0 Å². The summed E-state index contributed by atoms with van der Waals surface area (Å²) in [5.74, 6) is -1.89. The van der Waals surface area contributed by atoms with Crippen molar-refractivity contribution in [3.8, 4) is 11.5 Å². The highest BCUT2D eigenvalue weighted by molar-refractivity contribution is 5.93. The molecule has 4 nitrogen and oxygen atoms in total. The molecule has 0 bridgehead atoms. The van der Waals surface area contributed by atoms with Crippen LogP contribution in [-0.4, -0.2) is 11.9 Å². The van der Waals surface area contributed by atoms with Gasteiger partial charge < -0.3 is 9.47 Å². The fourth-order valence-electron chi connectivity index (χ4n) is 1.91. The quantitative estimate of drug-likeness (QED) is 0.601. The number of esters is 2. The summed E-state index contributed by atoms with van der Waals surface area (Å²) in [6.07, 6.45) is -4.68.